The van der Waals surface area contributed by atoms with Gasteiger partial charge in [0.05, 0.1) is 5.56 Å². The lowest BCUT2D eigenvalue weighted by molar-refractivity contribution is 0.668. The Morgan fingerprint density at radius 3 is 2.09 bits per heavy atom. The molecular formula is C39H25N3O2. The Morgan fingerprint density at radius 2 is 1.27 bits per heavy atom. The fraction of sp³-hybridized carbons (Fsp3) is 0.0513. The minimum atomic E-state index is 0.0317. The normalized spacial score (nSPS) is 14.8. The molecule has 5 aromatic carbocycles. The van der Waals surface area contributed by atoms with E-state index in [1.165, 1.54) is 0 Å². The maximum atomic E-state index is 6.42. The quantitative estimate of drug-likeness (QED) is 0.212. The number of aromatic nitrogens is 3. The van der Waals surface area contributed by atoms with Crippen molar-refractivity contribution in [1.29, 1.82) is 0 Å². The Balaban J connectivity index is 1.35. The van der Waals surface area contributed by atoms with Gasteiger partial charge in [0.15, 0.2) is 11.6 Å². The number of rotatable bonds is 4. The highest BCUT2D eigenvalue weighted by atomic mass is 16.3. The maximum absolute atomic E-state index is 6.42. The van der Waals surface area contributed by atoms with Gasteiger partial charge in [-0.1, -0.05) is 103 Å². The van der Waals surface area contributed by atoms with Gasteiger partial charge in [0, 0.05) is 33.0 Å². The molecule has 0 aliphatic heterocycles. The van der Waals surface area contributed by atoms with Crippen molar-refractivity contribution in [2.75, 3.05) is 0 Å². The monoisotopic (exact) mass is 567 g/mol. The van der Waals surface area contributed by atoms with E-state index in [4.69, 9.17) is 23.8 Å². The number of fused-ring (bicyclic) bond motifs is 6. The predicted octanol–water partition coefficient (Wildman–Crippen LogP) is 10.3. The van der Waals surface area contributed by atoms with Crippen LogP contribution >= 0.6 is 0 Å². The van der Waals surface area contributed by atoms with Crippen LogP contribution in [0.5, 0.6) is 0 Å². The molecule has 1 aliphatic carbocycles. The van der Waals surface area contributed by atoms with Crippen LogP contribution in [0.1, 0.15) is 18.2 Å². The van der Waals surface area contributed by atoms with Crippen molar-refractivity contribution in [1.82, 2.24) is 15.0 Å². The molecule has 1 atom stereocenters. The Labute approximate surface area is 252 Å². The Morgan fingerprint density at radius 1 is 0.545 bits per heavy atom. The highest BCUT2D eigenvalue weighted by Gasteiger charge is 2.23. The SMILES string of the molecule is C1=CCC(c2nc(-c3cccc4c3oc3ccccc34)nc(-c3cc(-c4ccccc4)cc4oc5ccccc5c34)n2)C=C1. The highest BCUT2D eigenvalue weighted by molar-refractivity contribution is 6.13. The first-order chi connectivity index (χ1) is 21.8. The summed E-state index contributed by atoms with van der Waals surface area (Å²) in [5.74, 6) is 1.95. The molecule has 3 aromatic heterocycles. The third-order valence-electron chi connectivity index (χ3n) is 8.44. The van der Waals surface area contributed by atoms with E-state index in [1.807, 2.05) is 66.7 Å². The molecular weight excluding hydrogens is 542 g/mol. The molecule has 0 radical (unpaired) electrons. The third-order valence-corrected chi connectivity index (χ3v) is 8.44. The van der Waals surface area contributed by atoms with Crippen molar-refractivity contribution in [3.05, 3.63) is 139 Å². The standard InChI is InChI=1S/C39H25N3O2/c1-3-12-24(13-4-1)26-22-31(35-29-17-8-10-21-33(29)43-34(35)23-26)39-41-37(25-14-5-2-6-15-25)40-38(42-39)30-19-11-18-28-27-16-7-9-20-32(27)44-36(28)30/h1-14,16-23,25H,15H2. The molecule has 5 heteroatoms. The zero-order valence-corrected chi connectivity index (χ0v) is 23.6. The molecule has 0 saturated carbocycles. The zero-order chi connectivity index (χ0) is 29.0. The first-order valence-corrected chi connectivity index (χ1v) is 14.8. The summed E-state index contributed by atoms with van der Waals surface area (Å²) in [4.78, 5) is 15.5. The van der Waals surface area contributed by atoms with E-state index < -0.39 is 0 Å². The minimum Gasteiger partial charge on any atom is -0.456 e. The summed E-state index contributed by atoms with van der Waals surface area (Å²) in [6.07, 6.45) is 9.27. The number of hydrogen-bond donors (Lipinski definition) is 0. The van der Waals surface area contributed by atoms with Crippen molar-refractivity contribution in [3.63, 3.8) is 0 Å². The first-order valence-electron chi connectivity index (χ1n) is 14.8. The van der Waals surface area contributed by atoms with Crippen LogP contribution in [0.15, 0.2) is 142 Å². The van der Waals surface area contributed by atoms with Crippen LogP contribution in [-0.2, 0) is 0 Å². The lowest BCUT2D eigenvalue weighted by Gasteiger charge is -2.15. The molecule has 0 bridgehead atoms. The average molecular weight is 568 g/mol. The minimum absolute atomic E-state index is 0.0317. The lowest BCUT2D eigenvalue weighted by Crippen LogP contribution is -2.08. The van der Waals surface area contributed by atoms with Crippen LogP contribution in [-0.4, -0.2) is 15.0 Å². The van der Waals surface area contributed by atoms with Crippen LogP contribution in [0, 0.1) is 0 Å². The third kappa shape index (κ3) is 3.97. The van der Waals surface area contributed by atoms with Gasteiger partial charge in [0.25, 0.3) is 0 Å². The van der Waals surface area contributed by atoms with Crippen molar-refractivity contribution in [2.24, 2.45) is 0 Å². The number of nitrogens with zero attached hydrogens (tertiary/aromatic N) is 3. The highest BCUT2D eigenvalue weighted by Crippen LogP contribution is 2.41. The molecule has 0 amide bonds. The second kappa shape index (κ2) is 9.89. The van der Waals surface area contributed by atoms with Crippen molar-refractivity contribution in [3.8, 4) is 33.9 Å². The molecule has 3 heterocycles. The first kappa shape index (κ1) is 24.8. The second-order valence-corrected chi connectivity index (χ2v) is 11.1. The summed E-state index contributed by atoms with van der Waals surface area (Å²) in [6, 6.07) is 37.1. The van der Waals surface area contributed by atoms with Gasteiger partial charge >= 0.3 is 0 Å². The molecule has 208 valence electrons. The van der Waals surface area contributed by atoms with Gasteiger partial charge in [-0.25, -0.2) is 15.0 Å². The molecule has 8 aromatic rings. The number of benzene rings is 5. The lowest BCUT2D eigenvalue weighted by atomic mass is 9.97. The molecule has 1 unspecified atom stereocenters. The van der Waals surface area contributed by atoms with Crippen molar-refractivity contribution in [2.45, 2.75) is 12.3 Å². The molecule has 0 saturated heterocycles. The van der Waals surface area contributed by atoms with Crippen LogP contribution in [0.2, 0.25) is 0 Å². The molecule has 0 N–H and O–H groups in total. The Bertz CT molecular complexity index is 2430. The fourth-order valence-corrected chi connectivity index (χ4v) is 6.32. The predicted molar refractivity (Wildman–Crippen MR) is 176 cm³/mol. The summed E-state index contributed by atoms with van der Waals surface area (Å²) in [5, 5.41) is 4.13. The molecule has 5 nitrogen and oxygen atoms in total. The summed E-state index contributed by atoms with van der Waals surface area (Å²) in [7, 11) is 0. The smallest absolute Gasteiger partial charge is 0.167 e. The zero-order valence-electron chi connectivity index (χ0n) is 23.6. The number of hydrogen-bond acceptors (Lipinski definition) is 5. The fourth-order valence-electron chi connectivity index (χ4n) is 6.32. The summed E-state index contributed by atoms with van der Waals surface area (Å²) < 4.78 is 12.8. The van der Waals surface area contributed by atoms with Crippen LogP contribution in [0.3, 0.4) is 0 Å². The molecule has 44 heavy (non-hydrogen) atoms. The van der Waals surface area contributed by atoms with Gasteiger partial charge in [-0.05, 0) is 47.9 Å². The van der Waals surface area contributed by atoms with Gasteiger partial charge in [0.1, 0.15) is 28.2 Å². The summed E-state index contributed by atoms with van der Waals surface area (Å²) in [5.41, 5.74) is 7.12. The van der Waals surface area contributed by atoms with Crippen molar-refractivity contribution >= 4 is 43.9 Å². The van der Waals surface area contributed by atoms with E-state index >= 15 is 0 Å². The van der Waals surface area contributed by atoms with Crippen LogP contribution < -0.4 is 0 Å². The molecule has 9 rings (SSSR count). The van der Waals surface area contributed by atoms with Gasteiger partial charge in [-0.2, -0.15) is 0 Å². The summed E-state index contributed by atoms with van der Waals surface area (Å²) >= 11 is 0. The number of allylic oxidation sites excluding steroid dienone is 4. The topological polar surface area (TPSA) is 65.0 Å². The Hall–Kier alpha value is -5.81. The van der Waals surface area contributed by atoms with Crippen LogP contribution in [0.4, 0.5) is 0 Å². The maximum Gasteiger partial charge on any atom is 0.167 e. The van der Waals surface area contributed by atoms with Gasteiger partial charge in [-0.3, -0.25) is 0 Å². The van der Waals surface area contributed by atoms with Gasteiger partial charge < -0.3 is 8.83 Å². The van der Waals surface area contributed by atoms with Crippen molar-refractivity contribution < 1.29 is 8.83 Å². The molecule has 1 aliphatic rings. The number of para-hydroxylation sites is 3. The largest absolute Gasteiger partial charge is 0.456 e. The van der Waals surface area contributed by atoms with Gasteiger partial charge in [-0.15, -0.1) is 0 Å². The van der Waals surface area contributed by atoms with E-state index in [1.54, 1.807) is 0 Å². The van der Waals surface area contributed by atoms with E-state index in [-0.39, 0.29) is 5.92 Å². The van der Waals surface area contributed by atoms with Gasteiger partial charge in [0.2, 0.25) is 0 Å². The number of furan rings is 2. The average Bonchev–Trinajstić information content (AvgIpc) is 3.67. The van der Waals surface area contributed by atoms with E-state index in [9.17, 15) is 0 Å². The summed E-state index contributed by atoms with van der Waals surface area (Å²) in [6.45, 7) is 0. The van der Waals surface area contributed by atoms with E-state index in [0.717, 1.165) is 78.4 Å². The molecule has 0 spiro atoms. The Kier molecular flexibility index (Phi) is 5.56. The van der Waals surface area contributed by atoms with E-state index in [0.29, 0.717) is 11.6 Å². The van der Waals surface area contributed by atoms with Crippen LogP contribution in [0.25, 0.3) is 77.8 Å². The molecule has 0 fully saturated rings. The van der Waals surface area contributed by atoms with E-state index in [2.05, 4.69) is 66.8 Å². The second-order valence-electron chi connectivity index (χ2n) is 11.1.